The van der Waals surface area contributed by atoms with E-state index in [1.54, 1.807) is 6.20 Å². The van der Waals surface area contributed by atoms with Gasteiger partial charge in [-0.1, -0.05) is 29.8 Å². The van der Waals surface area contributed by atoms with Gasteiger partial charge in [0.05, 0.1) is 24.1 Å². The van der Waals surface area contributed by atoms with Gasteiger partial charge in [0, 0.05) is 36.1 Å². The first-order chi connectivity index (χ1) is 12.5. The van der Waals surface area contributed by atoms with Crippen molar-refractivity contribution >= 4 is 34.6 Å². The highest BCUT2D eigenvalue weighted by Gasteiger charge is 2.07. The quantitative estimate of drug-likeness (QED) is 0.632. The molecule has 1 aromatic carbocycles. The van der Waals surface area contributed by atoms with Crippen LogP contribution in [-0.2, 0) is 19.6 Å². The molecule has 0 amide bonds. The van der Waals surface area contributed by atoms with E-state index in [0.717, 1.165) is 34.1 Å². The Kier molecular flexibility index (Phi) is 5.90. The van der Waals surface area contributed by atoms with Crippen molar-refractivity contribution in [2.75, 3.05) is 5.32 Å². The van der Waals surface area contributed by atoms with Gasteiger partial charge < -0.3 is 10.6 Å². The van der Waals surface area contributed by atoms with Crippen LogP contribution in [-0.4, -0.2) is 24.7 Å². The van der Waals surface area contributed by atoms with Crippen LogP contribution in [0.1, 0.15) is 23.7 Å². The zero-order valence-corrected chi connectivity index (χ0v) is 16.3. The molecule has 0 unspecified atom stereocenters. The van der Waals surface area contributed by atoms with Crippen molar-refractivity contribution in [1.82, 2.24) is 24.9 Å². The molecule has 0 aliphatic rings. The molecule has 8 heteroatoms. The fraction of sp³-hybridized carbons (Fsp3) is 0.278. The van der Waals surface area contributed by atoms with Crippen molar-refractivity contribution in [1.29, 1.82) is 0 Å². The fourth-order valence-corrected chi connectivity index (χ4v) is 2.95. The van der Waals surface area contributed by atoms with Crippen LogP contribution in [0.4, 0.5) is 5.69 Å². The Bertz CT molecular complexity index is 901. The van der Waals surface area contributed by atoms with E-state index in [4.69, 9.17) is 23.8 Å². The van der Waals surface area contributed by atoms with Crippen LogP contribution in [0.25, 0.3) is 0 Å². The van der Waals surface area contributed by atoms with Crippen molar-refractivity contribution in [3.8, 4) is 0 Å². The third-order valence-electron chi connectivity index (χ3n) is 3.99. The zero-order valence-electron chi connectivity index (χ0n) is 14.7. The highest BCUT2D eigenvalue weighted by atomic mass is 35.5. The second-order valence-corrected chi connectivity index (χ2v) is 6.74. The summed E-state index contributed by atoms with van der Waals surface area (Å²) < 4.78 is 3.74. The van der Waals surface area contributed by atoms with Crippen LogP contribution in [0.15, 0.2) is 42.9 Å². The zero-order chi connectivity index (χ0) is 18.5. The molecule has 0 aliphatic carbocycles. The molecule has 2 heterocycles. The van der Waals surface area contributed by atoms with E-state index in [0.29, 0.717) is 18.2 Å². The second kappa shape index (κ2) is 8.33. The Morgan fingerprint density at radius 1 is 1.19 bits per heavy atom. The maximum absolute atomic E-state index is 6.20. The van der Waals surface area contributed by atoms with E-state index in [1.165, 1.54) is 0 Å². The first-order valence-corrected chi connectivity index (χ1v) is 9.17. The Morgan fingerprint density at radius 2 is 2.00 bits per heavy atom. The van der Waals surface area contributed by atoms with Gasteiger partial charge in [0.25, 0.3) is 0 Å². The molecule has 0 aliphatic heterocycles. The number of halogens is 1. The van der Waals surface area contributed by atoms with E-state index in [9.17, 15) is 0 Å². The second-order valence-electron chi connectivity index (χ2n) is 5.92. The Labute approximate surface area is 163 Å². The normalized spacial score (nSPS) is 10.7. The molecule has 2 N–H and O–H groups in total. The molecule has 136 valence electrons. The van der Waals surface area contributed by atoms with Gasteiger partial charge in [-0.2, -0.15) is 10.2 Å². The average Bonchev–Trinajstić information content (AvgIpc) is 3.21. The van der Waals surface area contributed by atoms with Gasteiger partial charge in [0.15, 0.2) is 5.11 Å². The summed E-state index contributed by atoms with van der Waals surface area (Å²) in [5, 5.41) is 16.4. The molecule has 0 spiro atoms. The lowest BCUT2D eigenvalue weighted by molar-refractivity contribution is 0.653. The van der Waals surface area contributed by atoms with Crippen molar-refractivity contribution in [3.63, 3.8) is 0 Å². The number of benzene rings is 1. The van der Waals surface area contributed by atoms with Gasteiger partial charge in [0.2, 0.25) is 0 Å². The largest absolute Gasteiger partial charge is 0.358 e. The first kappa shape index (κ1) is 18.4. The molecule has 3 rings (SSSR count). The molecule has 6 nitrogen and oxygen atoms in total. The van der Waals surface area contributed by atoms with Crippen LogP contribution < -0.4 is 10.6 Å². The van der Waals surface area contributed by atoms with Gasteiger partial charge in [-0.15, -0.1) is 0 Å². The lowest BCUT2D eigenvalue weighted by Gasteiger charge is -2.08. The van der Waals surface area contributed by atoms with E-state index < -0.39 is 0 Å². The summed E-state index contributed by atoms with van der Waals surface area (Å²) in [6.45, 7) is 6.16. The predicted molar refractivity (Wildman–Crippen MR) is 108 cm³/mol. The average molecular weight is 389 g/mol. The maximum atomic E-state index is 6.20. The third-order valence-corrected chi connectivity index (χ3v) is 4.61. The molecular formula is C18H21ClN6S. The number of anilines is 1. The first-order valence-electron chi connectivity index (χ1n) is 8.38. The van der Waals surface area contributed by atoms with Crippen molar-refractivity contribution in [2.45, 2.75) is 33.5 Å². The molecule has 0 saturated carbocycles. The molecule has 2 aromatic heterocycles. The minimum Gasteiger partial charge on any atom is -0.358 e. The Hall–Kier alpha value is -2.38. The number of aromatic nitrogens is 4. The number of aryl methyl sites for hydroxylation is 2. The topological polar surface area (TPSA) is 59.7 Å². The van der Waals surface area contributed by atoms with Crippen LogP contribution in [0.5, 0.6) is 0 Å². The highest BCUT2D eigenvalue weighted by molar-refractivity contribution is 7.80. The van der Waals surface area contributed by atoms with Crippen molar-refractivity contribution in [2.24, 2.45) is 0 Å². The number of rotatable bonds is 6. The number of thiocarbonyl (C=S) groups is 1. The monoisotopic (exact) mass is 388 g/mol. The van der Waals surface area contributed by atoms with E-state index in [2.05, 4.69) is 27.8 Å². The van der Waals surface area contributed by atoms with Gasteiger partial charge in [0.1, 0.15) is 0 Å². The molecule has 0 fully saturated rings. The smallest absolute Gasteiger partial charge is 0.171 e. The number of hydrogen-bond donors (Lipinski definition) is 2. The SMILES string of the molecule is CCn1cc(CNC(=S)Nc2cnn(Cc3ccccc3Cl)c2)c(C)n1. The Balaban J connectivity index is 1.54. The molecule has 0 radical (unpaired) electrons. The molecule has 26 heavy (non-hydrogen) atoms. The molecule has 0 bridgehead atoms. The molecule has 3 aromatic rings. The summed E-state index contributed by atoms with van der Waals surface area (Å²) >= 11 is 11.6. The lowest BCUT2D eigenvalue weighted by atomic mass is 10.2. The molecule has 0 saturated heterocycles. The van der Waals surface area contributed by atoms with Gasteiger partial charge in [-0.3, -0.25) is 9.36 Å². The Morgan fingerprint density at radius 3 is 2.73 bits per heavy atom. The van der Waals surface area contributed by atoms with E-state index >= 15 is 0 Å². The fourth-order valence-electron chi connectivity index (χ4n) is 2.56. The lowest BCUT2D eigenvalue weighted by Crippen LogP contribution is -2.27. The summed E-state index contributed by atoms with van der Waals surface area (Å²) in [4.78, 5) is 0. The van der Waals surface area contributed by atoms with E-state index in [-0.39, 0.29) is 0 Å². The van der Waals surface area contributed by atoms with Crippen LogP contribution >= 0.6 is 23.8 Å². The van der Waals surface area contributed by atoms with Gasteiger partial charge >= 0.3 is 0 Å². The number of hydrogen-bond acceptors (Lipinski definition) is 3. The minimum absolute atomic E-state index is 0.547. The highest BCUT2D eigenvalue weighted by Crippen LogP contribution is 2.16. The summed E-state index contributed by atoms with van der Waals surface area (Å²) in [6, 6.07) is 7.74. The number of nitrogens with one attached hydrogen (secondary N) is 2. The summed E-state index contributed by atoms with van der Waals surface area (Å²) in [5.74, 6) is 0. The standard InChI is InChI=1S/C18H21ClN6S/c1-3-24-11-15(13(2)23-24)8-20-18(26)22-16-9-21-25(12-16)10-14-6-4-5-7-17(14)19/h4-7,9,11-12H,3,8,10H2,1-2H3,(H2,20,22,26). The molecular weight excluding hydrogens is 368 g/mol. The molecule has 0 atom stereocenters. The third kappa shape index (κ3) is 4.62. The summed E-state index contributed by atoms with van der Waals surface area (Å²) in [6.07, 6.45) is 5.68. The number of nitrogens with zero attached hydrogens (tertiary/aromatic N) is 4. The maximum Gasteiger partial charge on any atom is 0.171 e. The van der Waals surface area contributed by atoms with Crippen molar-refractivity contribution in [3.05, 3.63) is 64.7 Å². The van der Waals surface area contributed by atoms with Crippen molar-refractivity contribution < 1.29 is 0 Å². The van der Waals surface area contributed by atoms with Crippen LogP contribution in [0, 0.1) is 6.92 Å². The van der Waals surface area contributed by atoms with E-state index in [1.807, 2.05) is 52.9 Å². The van der Waals surface area contributed by atoms with Gasteiger partial charge in [-0.05, 0) is 37.7 Å². The predicted octanol–water partition coefficient (Wildman–Crippen LogP) is 3.60. The summed E-state index contributed by atoms with van der Waals surface area (Å²) in [7, 11) is 0. The van der Waals surface area contributed by atoms with Crippen LogP contribution in [0.3, 0.4) is 0 Å². The van der Waals surface area contributed by atoms with Crippen LogP contribution in [0.2, 0.25) is 5.02 Å². The van der Waals surface area contributed by atoms with Gasteiger partial charge in [-0.25, -0.2) is 0 Å². The minimum atomic E-state index is 0.547. The summed E-state index contributed by atoms with van der Waals surface area (Å²) in [5.41, 5.74) is 3.99.